The lowest BCUT2D eigenvalue weighted by Crippen LogP contribution is -2.51. The van der Waals surface area contributed by atoms with Gasteiger partial charge in [0.25, 0.3) is 0 Å². The second-order valence-corrected chi connectivity index (χ2v) is 2.95. The van der Waals surface area contributed by atoms with Crippen LogP contribution >= 0.6 is 0 Å². The van der Waals surface area contributed by atoms with Gasteiger partial charge in [0, 0.05) is 11.8 Å². The predicted octanol–water partition coefficient (Wildman–Crippen LogP) is 0.494. The summed E-state index contributed by atoms with van der Waals surface area (Å²) in [6.07, 6.45) is 0.240. The van der Waals surface area contributed by atoms with Gasteiger partial charge in [0.05, 0.1) is 6.42 Å². The van der Waals surface area contributed by atoms with E-state index in [1.54, 1.807) is 18.2 Å². The zero-order valence-corrected chi connectivity index (χ0v) is 6.99. The average Bonchev–Trinajstić information content (AvgIpc) is 2.01. The molecule has 1 amide bonds. The van der Waals surface area contributed by atoms with Gasteiger partial charge < -0.3 is 15.8 Å². The van der Waals surface area contributed by atoms with E-state index in [9.17, 15) is 4.79 Å². The van der Waals surface area contributed by atoms with E-state index in [1.165, 1.54) is 0 Å². The van der Waals surface area contributed by atoms with Crippen molar-refractivity contribution in [3.05, 3.63) is 24.3 Å². The summed E-state index contributed by atoms with van der Waals surface area (Å²) < 4.78 is 5.39. The fourth-order valence-electron chi connectivity index (χ4n) is 1.15. The van der Waals surface area contributed by atoms with Crippen LogP contribution < -0.4 is 15.8 Å². The standard InChI is InChI=1S/C9H10N2O2/c10-6-2-1-3-7(4-6)13-9-5-8(12)11-9/h1-4,9H,5,10H2,(H,11,12). The van der Waals surface area contributed by atoms with Crippen LogP contribution in [0.4, 0.5) is 5.69 Å². The van der Waals surface area contributed by atoms with Gasteiger partial charge in [-0.2, -0.15) is 0 Å². The Balaban J connectivity index is 1.98. The van der Waals surface area contributed by atoms with Crippen molar-refractivity contribution in [1.29, 1.82) is 0 Å². The van der Waals surface area contributed by atoms with E-state index in [2.05, 4.69) is 5.32 Å². The highest BCUT2D eigenvalue weighted by Gasteiger charge is 2.26. The van der Waals surface area contributed by atoms with Gasteiger partial charge in [-0.1, -0.05) is 6.07 Å². The third-order valence-electron chi connectivity index (χ3n) is 1.83. The van der Waals surface area contributed by atoms with Gasteiger partial charge in [0.2, 0.25) is 5.91 Å². The predicted molar refractivity (Wildman–Crippen MR) is 48.0 cm³/mol. The van der Waals surface area contributed by atoms with E-state index in [4.69, 9.17) is 10.5 Å². The summed E-state index contributed by atoms with van der Waals surface area (Å²) in [6, 6.07) is 7.13. The van der Waals surface area contributed by atoms with Crippen molar-refractivity contribution < 1.29 is 9.53 Å². The monoisotopic (exact) mass is 178 g/mol. The fourth-order valence-corrected chi connectivity index (χ4v) is 1.15. The van der Waals surface area contributed by atoms with Gasteiger partial charge in [-0.3, -0.25) is 4.79 Å². The second-order valence-electron chi connectivity index (χ2n) is 2.95. The number of anilines is 1. The number of nitrogen functional groups attached to an aromatic ring is 1. The Kier molecular flexibility index (Phi) is 1.81. The van der Waals surface area contributed by atoms with Crippen LogP contribution in [0, 0.1) is 0 Å². The number of ether oxygens (including phenoxy) is 1. The highest BCUT2D eigenvalue weighted by atomic mass is 16.5. The first kappa shape index (κ1) is 7.91. The summed E-state index contributed by atoms with van der Waals surface area (Å²) in [7, 11) is 0. The van der Waals surface area contributed by atoms with Crippen LogP contribution in [0.15, 0.2) is 24.3 Å². The van der Waals surface area contributed by atoms with Crippen LogP contribution in [0.2, 0.25) is 0 Å². The SMILES string of the molecule is Nc1cccc(OC2CC(=O)N2)c1. The highest BCUT2D eigenvalue weighted by Crippen LogP contribution is 2.18. The summed E-state index contributed by atoms with van der Waals surface area (Å²) in [5.74, 6) is 0.707. The van der Waals surface area contributed by atoms with Crippen LogP contribution in [0.25, 0.3) is 0 Å². The second kappa shape index (κ2) is 2.97. The molecule has 1 aromatic rings. The Hall–Kier alpha value is -1.71. The van der Waals surface area contributed by atoms with Crippen LogP contribution in [0.3, 0.4) is 0 Å². The molecule has 3 N–H and O–H groups in total. The van der Waals surface area contributed by atoms with Gasteiger partial charge in [0.15, 0.2) is 6.23 Å². The van der Waals surface area contributed by atoms with Crippen molar-refractivity contribution >= 4 is 11.6 Å². The van der Waals surface area contributed by atoms with E-state index in [0.717, 1.165) is 0 Å². The minimum Gasteiger partial charge on any atom is -0.470 e. The maximum Gasteiger partial charge on any atom is 0.228 e. The number of amides is 1. The molecule has 13 heavy (non-hydrogen) atoms. The lowest BCUT2D eigenvalue weighted by Gasteiger charge is -2.27. The molecule has 1 heterocycles. The number of rotatable bonds is 2. The summed E-state index contributed by atoms with van der Waals surface area (Å²) in [4.78, 5) is 10.6. The van der Waals surface area contributed by atoms with Crippen LogP contribution in [0.5, 0.6) is 5.75 Å². The molecule has 0 saturated carbocycles. The zero-order valence-electron chi connectivity index (χ0n) is 6.99. The molecule has 1 aromatic carbocycles. The molecule has 1 fully saturated rings. The Labute approximate surface area is 75.7 Å². The smallest absolute Gasteiger partial charge is 0.228 e. The average molecular weight is 178 g/mol. The number of carbonyl (C=O) groups excluding carboxylic acids is 1. The van der Waals surface area contributed by atoms with Gasteiger partial charge in [-0.25, -0.2) is 0 Å². The Morgan fingerprint density at radius 3 is 2.92 bits per heavy atom. The van der Waals surface area contributed by atoms with E-state index in [0.29, 0.717) is 17.9 Å². The van der Waals surface area contributed by atoms with Crippen LogP contribution in [-0.2, 0) is 4.79 Å². The molecule has 1 aliphatic rings. The van der Waals surface area contributed by atoms with Crippen molar-refractivity contribution in [2.45, 2.75) is 12.6 Å². The molecule has 1 unspecified atom stereocenters. The molecule has 2 rings (SSSR count). The number of hydrogen-bond acceptors (Lipinski definition) is 3. The number of benzene rings is 1. The highest BCUT2D eigenvalue weighted by molar-refractivity contribution is 5.82. The van der Waals surface area contributed by atoms with Gasteiger partial charge in [0.1, 0.15) is 5.75 Å². The molecule has 68 valence electrons. The summed E-state index contributed by atoms with van der Waals surface area (Å²) in [5, 5.41) is 2.61. The van der Waals surface area contributed by atoms with Gasteiger partial charge in [-0.15, -0.1) is 0 Å². The molecular formula is C9H10N2O2. The molecule has 0 spiro atoms. The third-order valence-corrected chi connectivity index (χ3v) is 1.83. The first-order valence-electron chi connectivity index (χ1n) is 4.05. The normalized spacial score (nSPS) is 20.3. The molecule has 1 saturated heterocycles. The maximum atomic E-state index is 10.6. The number of hydrogen-bond donors (Lipinski definition) is 2. The van der Waals surface area contributed by atoms with Crippen LogP contribution in [-0.4, -0.2) is 12.1 Å². The number of carbonyl (C=O) groups is 1. The largest absolute Gasteiger partial charge is 0.470 e. The number of nitrogens with one attached hydrogen (secondary N) is 1. The Morgan fingerprint density at radius 2 is 2.31 bits per heavy atom. The van der Waals surface area contributed by atoms with Crippen molar-refractivity contribution in [3.63, 3.8) is 0 Å². The van der Waals surface area contributed by atoms with E-state index in [-0.39, 0.29) is 12.1 Å². The summed E-state index contributed by atoms with van der Waals surface area (Å²) >= 11 is 0. The molecule has 0 aromatic heterocycles. The molecule has 4 heteroatoms. The quantitative estimate of drug-likeness (QED) is 0.511. The molecule has 0 aliphatic carbocycles. The minimum absolute atomic E-state index is 0.0221. The molecule has 4 nitrogen and oxygen atoms in total. The first-order valence-corrected chi connectivity index (χ1v) is 4.05. The molecular weight excluding hydrogens is 168 g/mol. The van der Waals surface area contributed by atoms with Gasteiger partial charge >= 0.3 is 0 Å². The lowest BCUT2D eigenvalue weighted by atomic mass is 10.2. The van der Waals surface area contributed by atoms with Gasteiger partial charge in [-0.05, 0) is 12.1 Å². The van der Waals surface area contributed by atoms with Crippen molar-refractivity contribution in [2.75, 3.05) is 5.73 Å². The lowest BCUT2D eigenvalue weighted by molar-refractivity contribution is -0.134. The third kappa shape index (κ3) is 1.72. The van der Waals surface area contributed by atoms with E-state index in [1.807, 2.05) is 6.07 Å². The Morgan fingerprint density at radius 1 is 1.54 bits per heavy atom. The molecule has 1 aliphatic heterocycles. The topological polar surface area (TPSA) is 64.3 Å². The van der Waals surface area contributed by atoms with E-state index >= 15 is 0 Å². The van der Waals surface area contributed by atoms with Crippen molar-refractivity contribution in [2.24, 2.45) is 0 Å². The maximum absolute atomic E-state index is 10.6. The number of β-lactam (4-membered cyclic amide) rings is 1. The number of nitrogens with two attached hydrogens (primary N) is 1. The minimum atomic E-state index is -0.186. The summed E-state index contributed by atoms with van der Waals surface area (Å²) in [6.45, 7) is 0. The summed E-state index contributed by atoms with van der Waals surface area (Å²) in [5.41, 5.74) is 6.21. The molecule has 0 bridgehead atoms. The zero-order chi connectivity index (χ0) is 9.26. The fraction of sp³-hybridized carbons (Fsp3) is 0.222. The van der Waals surface area contributed by atoms with Crippen LogP contribution in [0.1, 0.15) is 6.42 Å². The Bertz CT molecular complexity index is 330. The first-order chi connectivity index (χ1) is 6.24. The van der Waals surface area contributed by atoms with Crippen molar-refractivity contribution in [1.82, 2.24) is 5.32 Å². The molecule has 1 atom stereocenters. The molecule has 0 radical (unpaired) electrons. The van der Waals surface area contributed by atoms with Crippen molar-refractivity contribution in [3.8, 4) is 5.75 Å². The van der Waals surface area contributed by atoms with E-state index < -0.39 is 0 Å².